The van der Waals surface area contributed by atoms with Gasteiger partial charge in [-0.2, -0.15) is 0 Å². The molecule has 0 aromatic heterocycles. The maximum absolute atomic E-state index is 10.3. The topological polar surface area (TPSA) is 38.7 Å². The van der Waals surface area contributed by atoms with Gasteiger partial charge in [0.1, 0.15) is 12.4 Å². The molecular weight excluding hydrogens is 323 g/mol. The quantitative estimate of drug-likeness (QED) is 0.723. The molecule has 0 aliphatic carbocycles. The van der Waals surface area contributed by atoms with E-state index in [1.165, 1.54) is 0 Å². The molecule has 0 bridgehead atoms. The second kappa shape index (κ2) is 8.28. The summed E-state index contributed by atoms with van der Waals surface area (Å²) in [5, 5.41) is 10.3. The van der Waals surface area contributed by atoms with E-state index < -0.39 is 11.2 Å². The lowest BCUT2D eigenvalue weighted by Crippen LogP contribution is -2.49. The van der Waals surface area contributed by atoms with E-state index in [0.717, 1.165) is 22.3 Å². The van der Waals surface area contributed by atoms with Gasteiger partial charge in [-0.3, -0.25) is 0 Å². The van der Waals surface area contributed by atoms with Gasteiger partial charge < -0.3 is 14.5 Å². The molecule has 1 radical (unpaired) electrons. The molecule has 0 saturated carbocycles. The minimum absolute atomic E-state index is 0.329. The first-order chi connectivity index (χ1) is 12.1. The lowest BCUT2D eigenvalue weighted by Gasteiger charge is -2.37. The van der Waals surface area contributed by atoms with Crippen molar-refractivity contribution in [2.45, 2.75) is 65.3 Å². The van der Waals surface area contributed by atoms with Gasteiger partial charge in [-0.15, -0.1) is 0 Å². The van der Waals surface area contributed by atoms with Crippen molar-refractivity contribution in [2.75, 3.05) is 0 Å². The Balaban J connectivity index is 2.11. The Morgan fingerprint density at radius 1 is 1.00 bits per heavy atom. The summed E-state index contributed by atoms with van der Waals surface area (Å²) in [6, 6.07) is 16.2. The lowest BCUT2D eigenvalue weighted by molar-refractivity contribution is -0.0893. The number of ether oxygens (including phenoxy) is 1. The molecule has 2 rings (SSSR count). The van der Waals surface area contributed by atoms with E-state index in [2.05, 4.69) is 32.0 Å². The highest BCUT2D eigenvalue weighted by atomic mass is 16.5. The first kappa shape index (κ1) is 20.5. The van der Waals surface area contributed by atoms with Gasteiger partial charge in [0.15, 0.2) is 0 Å². The SMILES string of the molecule is CC(C)c1cc(OCc2ccccc2)ccc1[B]OC(C)(C)C(C)(C)O. The van der Waals surface area contributed by atoms with Gasteiger partial charge >= 0.3 is 7.48 Å². The van der Waals surface area contributed by atoms with Gasteiger partial charge in [0, 0.05) is 0 Å². The van der Waals surface area contributed by atoms with Crippen LogP contribution in [-0.2, 0) is 11.3 Å². The Bertz CT molecular complexity index is 703. The van der Waals surface area contributed by atoms with E-state index in [1.54, 1.807) is 21.3 Å². The third kappa shape index (κ3) is 5.36. The summed E-state index contributed by atoms with van der Waals surface area (Å²) in [4.78, 5) is 0. The van der Waals surface area contributed by atoms with Crippen molar-refractivity contribution in [2.24, 2.45) is 0 Å². The average molecular weight is 353 g/mol. The van der Waals surface area contributed by atoms with Crippen molar-refractivity contribution < 1.29 is 14.5 Å². The van der Waals surface area contributed by atoms with Crippen molar-refractivity contribution in [1.29, 1.82) is 0 Å². The van der Waals surface area contributed by atoms with Crippen molar-refractivity contribution in [3.05, 3.63) is 59.7 Å². The molecule has 0 aliphatic heterocycles. The van der Waals surface area contributed by atoms with Crippen LogP contribution in [0.4, 0.5) is 0 Å². The molecule has 3 nitrogen and oxygen atoms in total. The Morgan fingerprint density at radius 2 is 1.65 bits per heavy atom. The summed E-state index contributed by atoms with van der Waals surface area (Å²) in [6.07, 6.45) is 0. The predicted molar refractivity (Wildman–Crippen MR) is 108 cm³/mol. The average Bonchev–Trinajstić information content (AvgIpc) is 2.58. The minimum Gasteiger partial charge on any atom is -0.489 e. The summed E-state index contributed by atoms with van der Waals surface area (Å²) in [5.74, 6) is 1.17. The van der Waals surface area contributed by atoms with Gasteiger partial charge in [0.2, 0.25) is 0 Å². The van der Waals surface area contributed by atoms with Crippen molar-refractivity contribution in [3.8, 4) is 5.75 Å². The third-order valence-electron chi connectivity index (χ3n) is 4.88. The second-order valence-corrected chi connectivity index (χ2v) is 8.02. The molecule has 0 spiro atoms. The van der Waals surface area contributed by atoms with Crippen LogP contribution in [0.25, 0.3) is 0 Å². The smallest absolute Gasteiger partial charge is 0.331 e. The van der Waals surface area contributed by atoms with Gasteiger partial charge in [-0.1, -0.05) is 50.2 Å². The molecule has 26 heavy (non-hydrogen) atoms. The van der Waals surface area contributed by atoms with E-state index >= 15 is 0 Å². The molecular formula is C22H30BO3. The first-order valence-electron chi connectivity index (χ1n) is 9.14. The first-order valence-corrected chi connectivity index (χ1v) is 9.14. The van der Waals surface area contributed by atoms with Crippen LogP contribution < -0.4 is 10.2 Å². The third-order valence-corrected chi connectivity index (χ3v) is 4.88. The summed E-state index contributed by atoms with van der Waals surface area (Å²) in [7, 11) is 1.74. The summed E-state index contributed by atoms with van der Waals surface area (Å²) in [6.45, 7) is 12.1. The van der Waals surface area contributed by atoms with E-state index in [1.807, 2.05) is 44.2 Å². The maximum Gasteiger partial charge on any atom is 0.331 e. The van der Waals surface area contributed by atoms with Crippen LogP contribution in [0.3, 0.4) is 0 Å². The van der Waals surface area contributed by atoms with E-state index in [9.17, 15) is 5.11 Å². The highest BCUT2D eigenvalue weighted by Crippen LogP contribution is 2.25. The Morgan fingerprint density at radius 3 is 2.23 bits per heavy atom. The van der Waals surface area contributed by atoms with Crippen LogP contribution in [0, 0.1) is 0 Å². The summed E-state index contributed by atoms with van der Waals surface area (Å²) >= 11 is 0. The highest BCUT2D eigenvalue weighted by Gasteiger charge is 2.35. The molecule has 0 saturated heterocycles. The monoisotopic (exact) mass is 353 g/mol. The van der Waals surface area contributed by atoms with E-state index in [4.69, 9.17) is 9.39 Å². The Labute approximate surface area is 158 Å². The predicted octanol–water partition coefficient (Wildman–Crippen LogP) is 4.20. The fourth-order valence-corrected chi connectivity index (χ4v) is 2.35. The number of hydrogen-bond acceptors (Lipinski definition) is 3. The summed E-state index contributed by atoms with van der Waals surface area (Å²) in [5.41, 5.74) is 1.67. The van der Waals surface area contributed by atoms with Gasteiger partial charge in [-0.25, -0.2) is 0 Å². The number of rotatable bonds is 8. The Hall–Kier alpha value is -1.78. The number of aliphatic hydroxyl groups is 1. The molecule has 2 aromatic carbocycles. The molecule has 0 atom stereocenters. The maximum atomic E-state index is 10.3. The zero-order valence-corrected chi connectivity index (χ0v) is 16.7. The second-order valence-electron chi connectivity index (χ2n) is 8.02. The van der Waals surface area contributed by atoms with Crippen LogP contribution in [0.1, 0.15) is 58.6 Å². The molecule has 139 valence electrons. The molecule has 0 heterocycles. The Kier molecular flexibility index (Phi) is 6.54. The molecule has 2 aromatic rings. The normalized spacial score (nSPS) is 12.3. The minimum atomic E-state index is -0.944. The fraction of sp³-hybridized carbons (Fsp3) is 0.455. The molecule has 0 fully saturated rings. The zero-order valence-electron chi connectivity index (χ0n) is 16.7. The van der Waals surface area contributed by atoms with Crippen LogP contribution in [0.2, 0.25) is 0 Å². The molecule has 0 aliphatic rings. The molecule has 0 amide bonds. The van der Waals surface area contributed by atoms with Gasteiger partial charge in [0.25, 0.3) is 0 Å². The number of hydrogen-bond donors (Lipinski definition) is 1. The van der Waals surface area contributed by atoms with Crippen molar-refractivity contribution >= 4 is 12.9 Å². The van der Waals surface area contributed by atoms with Crippen LogP contribution >= 0.6 is 0 Å². The van der Waals surface area contributed by atoms with Crippen molar-refractivity contribution in [3.63, 3.8) is 0 Å². The molecule has 0 unspecified atom stereocenters. The molecule has 4 heteroatoms. The fourth-order valence-electron chi connectivity index (χ4n) is 2.35. The largest absolute Gasteiger partial charge is 0.489 e. The van der Waals surface area contributed by atoms with E-state index in [-0.39, 0.29) is 0 Å². The standard InChI is InChI=1S/C22H30BO3/c1-16(2)19-14-18(25-15-17-10-8-7-9-11-17)12-13-20(19)23-26-22(5,6)21(3,4)24/h7-14,16,24H,15H2,1-6H3. The molecule has 1 N–H and O–H groups in total. The van der Waals surface area contributed by atoms with E-state index in [0.29, 0.717) is 12.5 Å². The van der Waals surface area contributed by atoms with Gasteiger partial charge in [0.05, 0.1) is 11.2 Å². The highest BCUT2D eigenvalue weighted by molar-refractivity contribution is 6.47. The zero-order chi connectivity index (χ0) is 19.4. The van der Waals surface area contributed by atoms with Crippen LogP contribution in [-0.4, -0.2) is 23.8 Å². The summed E-state index contributed by atoms with van der Waals surface area (Å²) < 4.78 is 11.9. The van der Waals surface area contributed by atoms with Crippen LogP contribution in [0.15, 0.2) is 48.5 Å². The number of benzene rings is 2. The van der Waals surface area contributed by atoms with Crippen LogP contribution in [0.5, 0.6) is 5.75 Å². The van der Waals surface area contributed by atoms with Crippen molar-refractivity contribution in [1.82, 2.24) is 0 Å². The van der Waals surface area contributed by atoms with Gasteiger partial charge in [-0.05, 0) is 62.3 Å². The lowest BCUT2D eigenvalue weighted by atomic mass is 9.78.